The van der Waals surface area contributed by atoms with Crippen molar-refractivity contribution in [3.8, 4) is 5.75 Å². The smallest absolute Gasteiger partial charge is 0.266 e. The molecule has 6 heteroatoms. The SMILES string of the molecule is Cc1nc(Cl)c2c(n1)NC(=O)[C@H](C)O2. The van der Waals surface area contributed by atoms with E-state index in [4.69, 9.17) is 16.3 Å². The van der Waals surface area contributed by atoms with Crippen molar-refractivity contribution in [3.63, 3.8) is 0 Å². The van der Waals surface area contributed by atoms with E-state index in [1.807, 2.05) is 0 Å². The lowest BCUT2D eigenvalue weighted by molar-refractivity contribution is -0.122. The van der Waals surface area contributed by atoms with Gasteiger partial charge in [0.15, 0.2) is 17.1 Å². The molecule has 5 nitrogen and oxygen atoms in total. The van der Waals surface area contributed by atoms with Gasteiger partial charge in [0.05, 0.1) is 0 Å². The van der Waals surface area contributed by atoms with Crippen LogP contribution < -0.4 is 10.1 Å². The van der Waals surface area contributed by atoms with Crippen molar-refractivity contribution in [2.45, 2.75) is 20.0 Å². The maximum atomic E-state index is 11.2. The average Bonchev–Trinajstić information content (AvgIpc) is 2.08. The van der Waals surface area contributed by atoms with Crippen molar-refractivity contribution >= 4 is 23.3 Å². The monoisotopic (exact) mass is 213 g/mol. The average molecular weight is 214 g/mol. The molecule has 1 aromatic rings. The fraction of sp³-hybridized carbons (Fsp3) is 0.375. The van der Waals surface area contributed by atoms with E-state index in [0.717, 1.165) is 0 Å². The topological polar surface area (TPSA) is 64.1 Å². The number of ether oxygens (including phenoxy) is 1. The number of hydrogen-bond donors (Lipinski definition) is 1. The van der Waals surface area contributed by atoms with Crippen LogP contribution in [-0.4, -0.2) is 22.0 Å². The number of amides is 1. The highest BCUT2D eigenvalue weighted by molar-refractivity contribution is 6.31. The number of fused-ring (bicyclic) bond motifs is 1. The van der Waals surface area contributed by atoms with E-state index < -0.39 is 6.10 Å². The summed E-state index contributed by atoms with van der Waals surface area (Å²) in [5.41, 5.74) is 0. The molecule has 2 heterocycles. The van der Waals surface area contributed by atoms with Gasteiger partial charge in [-0.3, -0.25) is 4.79 Å². The maximum Gasteiger partial charge on any atom is 0.266 e. The predicted molar refractivity (Wildman–Crippen MR) is 50.5 cm³/mol. The van der Waals surface area contributed by atoms with Crippen LogP contribution in [0.1, 0.15) is 12.7 Å². The summed E-state index contributed by atoms with van der Waals surface area (Å²) in [5.74, 6) is 0.939. The minimum absolute atomic E-state index is 0.222. The van der Waals surface area contributed by atoms with Gasteiger partial charge in [-0.2, -0.15) is 0 Å². The molecule has 0 aromatic carbocycles. The summed E-state index contributed by atoms with van der Waals surface area (Å²) in [4.78, 5) is 19.2. The highest BCUT2D eigenvalue weighted by Crippen LogP contribution is 2.33. The normalized spacial score (nSPS) is 19.6. The third-order valence-electron chi connectivity index (χ3n) is 1.84. The quantitative estimate of drug-likeness (QED) is 0.657. The lowest BCUT2D eigenvalue weighted by Gasteiger charge is -2.22. The Morgan fingerprint density at radius 3 is 2.93 bits per heavy atom. The van der Waals surface area contributed by atoms with Crippen LogP contribution in [0.25, 0.3) is 0 Å². The lowest BCUT2D eigenvalue weighted by atomic mass is 10.3. The van der Waals surface area contributed by atoms with Gasteiger partial charge in [0.25, 0.3) is 5.91 Å². The number of nitrogens with one attached hydrogen (secondary N) is 1. The Labute approximate surface area is 85.5 Å². The first-order chi connectivity index (χ1) is 6.58. The third kappa shape index (κ3) is 1.39. The molecular weight excluding hydrogens is 206 g/mol. The second-order valence-corrected chi connectivity index (χ2v) is 3.35. The number of hydrogen-bond acceptors (Lipinski definition) is 4. The number of nitrogens with zero attached hydrogens (tertiary/aromatic N) is 2. The van der Waals surface area contributed by atoms with Crippen molar-refractivity contribution in [2.24, 2.45) is 0 Å². The molecule has 1 amide bonds. The molecule has 0 aliphatic carbocycles. The van der Waals surface area contributed by atoms with E-state index in [0.29, 0.717) is 17.4 Å². The van der Waals surface area contributed by atoms with Crippen molar-refractivity contribution in [1.29, 1.82) is 0 Å². The van der Waals surface area contributed by atoms with Gasteiger partial charge in [0.2, 0.25) is 5.75 Å². The molecule has 1 aliphatic rings. The lowest BCUT2D eigenvalue weighted by Crippen LogP contribution is -2.35. The van der Waals surface area contributed by atoms with E-state index in [2.05, 4.69) is 15.3 Å². The fourth-order valence-corrected chi connectivity index (χ4v) is 1.42. The molecule has 0 bridgehead atoms. The van der Waals surface area contributed by atoms with Crippen molar-refractivity contribution < 1.29 is 9.53 Å². The van der Waals surface area contributed by atoms with Gasteiger partial charge in [0, 0.05) is 0 Å². The number of rotatable bonds is 0. The predicted octanol–water partition coefficient (Wildman–Crippen LogP) is 1.16. The Morgan fingerprint density at radius 1 is 1.50 bits per heavy atom. The van der Waals surface area contributed by atoms with Gasteiger partial charge in [-0.1, -0.05) is 11.6 Å². The van der Waals surface area contributed by atoms with Gasteiger partial charge >= 0.3 is 0 Å². The van der Waals surface area contributed by atoms with Crippen LogP contribution in [0, 0.1) is 6.92 Å². The number of halogens is 1. The molecule has 0 radical (unpaired) electrons. The molecule has 1 aliphatic heterocycles. The summed E-state index contributed by atoms with van der Waals surface area (Å²) in [6, 6.07) is 0. The van der Waals surface area contributed by atoms with Crippen LogP contribution in [0.15, 0.2) is 0 Å². The highest BCUT2D eigenvalue weighted by atomic mass is 35.5. The summed E-state index contributed by atoms with van der Waals surface area (Å²) in [5, 5.41) is 2.81. The van der Waals surface area contributed by atoms with Crippen molar-refractivity contribution in [1.82, 2.24) is 9.97 Å². The second kappa shape index (κ2) is 3.09. The number of carbonyl (C=O) groups is 1. The minimum atomic E-state index is -0.564. The Balaban J connectivity index is 2.51. The zero-order valence-corrected chi connectivity index (χ0v) is 8.42. The van der Waals surface area contributed by atoms with Gasteiger partial charge in [-0.15, -0.1) is 0 Å². The molecule has 0 spiro atoms. The van der Waals surface area contributed by atoms with Gasteiger partial charge in [0.1, 0.15) is 5.82 Å². The first-order valence-corrected chi connectivity index (χ1v) is 4.47. The van der Waals surface area contributed by atoms with Crippen molar-refractivity contribution in [3.05, 3.63) is 11.0 Å². The number of aryl methyl sites for hydroxylation is 1. The van der Waals surface area contributed by atoms with Crippen LogP contribution in [0.5, 0.6) is 5.75 Å². The van der Waals surface area contributed by atoms with E-state index in [1.165, 1.54) is 0 Å². The van der Waals surface area contributed by atoms with Crippen LogP contribution in [-0.2, 0) is 4.79 Å². The minimum Gasteiger partial charge on any atom is -0.474 e. The third-order valence-corrected chi connectivity index (χ3v) is 2.10. The molecule has 2 rings (SSSR count). The van der Waals surface area contributed by atoms with E-state index in [9.17, 15) is 4.79 Å². The van der Waals surface area contributed by atoms with Crippen LogP contribution in [0.3, 0.4) is 0 Å². The maximum absolute atomic E-state index is 11.2. The zero-order chi connectivity index (χ0) is 10.3. The Hall–Kier alpha value is -1.36. The molecule has 0 unspecified atom stereocenters. The summed E-state index contributed by atoms with van der Waals surface area (Å²) < 4.78 is 5.26. The first kappa shape index (κ1) is 9.21. The van der Waals surface area contributed by atoms with Crippen LogP contribution in [0.4, 0.5) is 5.82 Å². The standard InChI is InChI=1S/C8H8ClN3O2/c1-3-8(13)12-7-5(14-3)6(9)10-4(2)11-7/h3H,1-2H3,(H,10,11,12,13)/t3-/m0/s1. The Morgan fingerprint density at radius 2 is 2.21 bits per heavy atom. The van der Waals surface area contributed by atoms with E-state index >= 15 is 0 Å². The summed E-state index contributed by atoms with van der Waals surface area (Å²) in [7, 11) is 0. The molecule has 0 saturated heterocycles. The molecular formula is C8H8ClN3O2. The molecule has 74 valence electrons. The van der Waals surface area contributed by atoms with Gasteiger partial charge in [-0.25, -0.2) is 9.97 Å². The second-order valence-electron chi connectivity index (χ2n) is 2.99. The van der Waals surface area contributed by atoms with Crippen molar-refractivity contribution in [2.75, 3.05) is 5.32 Å². The molecule has 0 saturated carbocycles. The summed E-state index contributed by atoms with van der Waals surface area (Å²) >= 11 is 5.83. The summed E-state index contributed by atoms with van der Waals surface area (Å²) in [6.07, 6.45) is -0.564. The number of aromatic nitrogens is 2. The van der Waals surface area contributed by atoms with Gasteiger partial charge in [-0.05, 0) is 13.8 Å². The van der Waals surface area contributed by atoms with Crippen LogP contribution in [0.2, 0.25) is 5.15 Å². The molecule has 1 N–H and O–H groups in total. The number of anilines is 1. The summed E-state index contributed by atoms with van der Waals surface area (Å²) in [6.45, 7) is 3.32. The Kier molecular flexibility index (Phi) is 2.03. The largest absolute Gasteiger partial charge is 0.474 e. The number of carbonyl (C=O) groups excluding carboxylic acids is 1. The molecule has 1 aromatic heterocycles. The zero-order valence-electron chi connectivity index (χ0n) is 7.67. The van der Waals surface area contributed by atoms with E-state index in [1.54, 1.807) is 13.8 Å². The van der Waals surface area contributed by atoms with Crippen LogP contribution >= 0.6 is 11.6 Å². The molecule has 1 atom stereocenters. The highest BCUT2D eigenvalue weighted by Gasteiger charge is 2.27. The first-order valence-electron chi connectivity index (χ1n) is 4.09. The van der Waals surface area contributed by atoms with Gasteiger partial charge < -0.3 is 10.1 Å². The molecule has 14 heavy (non-hydrogen) atoms. The Bertz CT molecular complexity index is 408. The van der Waals surface area contributed by atoms with E-state index in [-0.39, 0.29) is 11.1 Å². The fourth-order valence-electron chi connectivity index (χ4n) is 1.17. The molecule has 0 fully saturated rings.